The number of rotatable bonds is 4. The summed E-state index contributed by atoms with van der Waals surface area (Å²) in [5, 5.41) is 9.70. The molecule has 1 saturated heterocycles. The second kappa shape index (κ2) is 7.01. The van der Waals surface area contributed by atoms with Gasteiger partial charge >= 0.3 is 6.09 Å². The summed E-state index contributed by atoms with van der Waals surface area (Å²) >= 11 is 0. The molecule has 0 unspecified atom stereocenters. The molecule has 3 rings (SSSR count). The van der Waals surface area contributed by atoms with Gasteiger partial charge in [-0.3, -0.25) is 0 Å². The van der Waals surface area contributed by atoms with Crippen LogP contribution in [-0.2, 0) is 4.74 Å². The maximum atomic E-state index is 12.7. The Morgan fingerprint density at radius 2 is 1.96 bits per heavy atom. The van der Waals surface area contributed by atoms with E-state index in [9.17, 15) is 9.90 Å². The largest absolute Gasteiger partial charge is 0.497 e. The molecule has 1 heterocycles. The van der Waals surface area contributed by atoms with Crippen LogP contribution in [0.2, 0.25) is 0 Å². The maximum Gasteiger partial charge on any atom is 0.410 e. The molecule has 1 aliphatic heterocycles. The quantitative estimate of drug-likeness (QED) is 0.913. The Hall–Kier alpha value is -1.75. The summed E-state index contributed by atoms with van der Waals surface area (Å²) < 4.78 is 11.1. The number of nitrogens with zero attached hydrogens (tertiary/aromatic N) is 1. The van der Waals surface area contributed by atoms with Crippen LogP contribution in [-0.4, -0.2) is 41.5 Å². The molecule has 1 aromatic rings. The lowest BCUT2D eigenvalue weighted by Gasteiger charge is -2.46. The number of hydrogen-bond donors (Lipinski definition) is 1. The molecule has 5 nitrogen and oxygen atoms in total. The van der Waals surface area contributed by atoms with Gasteiger partial charge in [0.05, 0.1) is 19.3 Å². The highest BCUT2D eigenvalue weighted by Crippen LogP contribution is 2.40. The number of methoxy groups -OCH3 is 1. The summed E-state index contributed by atoms with van der Waals surface area (Å²) in [5.74, 6) is 0.814. The van der Waals surface area contributed by atoms with Crippen molar-refractivity contribution in [3.8, 4) is 5.75 Å². The summed E-state index contributed by atoms with van der Waals surface area (Å²) in [7, 11) is 1.65. The third-order valence-corrected chi connectivity index (χ3v) is 5.48. The molecule has 132 valence electrons. The average molecular weight is 333 g/mol. The van der Waals surface area contributed by atoms with E-state index in [2.05, 4.69) is 6.92 Å². The average Bonchev–Trinajstić information content (AvgIpc) is 2.61. The SMILES string of the molecule is CC[C@@H](c1ccc(OC)cc1)N1CC[C@]2(CC[C@@H](O)CC2)OC1=O. The molecule has 1 atom stereocenters. The zero-order chi connectivity index (χ0) is 17.2. The fourth-order valence-electron chi connectivity index (χ4n) is 3.94. The van der Waals surface area contributed by atoms with Gasteiger partial charge in [-0.1, -0.05) is 19.1 Å². The first kappa shape index (κ1) is 17.1. The van der Waals surface area contributed by atoms with Gasteiger partial charge in [0.15, 0.2) is 0 Å². The molecule has 5 heteroatoms. The van der Waals surface area contributed by atoms with E-state index in [-0.39, 0.29) is 23.8 Å². The summed E-state index contributed by atoms with van der Waals surface area (Å²) in [4.78, 5) is 14.5. The van der Waals surface area contributed by atoms with E-state index in [1.54, 1.807) is 7.11 Å². The van der Waals surface area contributed by atoms with E-state index in [4.69, 9.17) is 9.47 Å². The molecule has 1 saturated carbocycles. The van der Waals surface area contributed by atoms with E-state index < -0.39 is 0 Å². The van der Waals surface area contributed by atoms with Crippen molar-refractivity contribution in [3.05, 3.63) is 29.8 Å². The molecule has 24 heavy (non-hydrogen) atoms. The number of carbonyl (C=O) groups excluding carboxylic acids is 1. The van der Waals surface area contributed by atoms with Gasteiger partial charge < -0.3 is 19.5 Å². The highest BCUT2D eigenvalue weighted by Gasteiger charge is 2.44. The normalized spacial score (nSPS) is 28.5. The zero-order valence-corrected chi connectivity index (χ0v) is 14.5. The third kappa shape index (κ3) is 3.36. The Bertz CT molecular complexity index is 563. The third-order valence-electron chi connectivity index (χ3n) is 5.48. The van der Waals surface area contributed by atoms with E-state index in [1.165, 1.54) is 0 Å². The van der Waals surface area contributed by atoms with Crippen molar-refractivity contribution in [2.75, 3.05) is 13.7 Å². The standard InChI is InChI=1S/C19H27NO4/c1-3-17(14-4-6-16(23-2)7-5-14)20-13-12-19(24-18(20)22)10-8-15(21)9-11-19/h4-7,15,17,21H,3,8-13H2,1-2H3/t15-,17-,19-/m0/s1. The smallest absolute Gasteiger partial charge is 0.410 e. The van der Waals surface area contributed by atoms with Crippen molar-refractivity contribution in [2.45, 2.75) is 63.2 Å². The number of aliphatic hydroxyl groups excluding tert-OH is 1. The zero-order valence-electron chi connectivity index (χ0n) is 14.5. The van der Waals surface area contributed by atoms with Crippen molar-refractivity contribution in [1.82, 2.24) is 4.90 Å². The van der Waals surface area contributed by atoms with E-state index in [0.717, 1.165) is 49.8 Å². The van der Waals surface area contributed by atoms with Crippen LogP contribution in [0.5, 0.6) is 5.75 Å². The van der Waals surface area contributed by atoms with Crippen LogP contribution in [0.1, 0.15) is 57.1 Å². The Kier molecular flexibility index (Phi) is 4.99. The van der Waals surface area contributed by atoms with Crippen molar-refractivity contribution < 1.29 is 19.4 Å². The highest BCUT2D eigenvalue weighted by atomic mass is 16.6. The molecule has 0 radical (unpaired) electrons. The predicted molar refractivity (Wildman–Crippen MR) is 91.0 cm³/mol. The minimum Gasteiger partial charge on any atom is -0.497 e. The van der Waals surface area contributed by atoms with E-state index in [1.807, 2.05) is 29.2 Å². The van der Waals surface area contributed by atoms with Crippen LogP contribution >= 0.6 is 0 Å². The molecular formula is C19H27NO4. The fourth-order valence-corrected chi connectivity index (χ4v) is 3.94. The Morgan fingerprint density at radius 3 is 2.50 bits per heavy atom. The van der Waals surface area contributed by atoms with Crippen molar-refractivity contribution in [2.24, 2.45) is 0 Å². The molecule has 2 fully saturated rings. The van der Waals surface area contributed by atoms with Crippen LogP contribution in [0.3, 0.4) is 0 Å². The first-order chi connectivity index (χ1) is 11.6. The second-order valence-electron chi connectivity index (χ2n) is 6.92. The lowest BCUT2D eigenvalue weighted by Crippen LogP contribution is -2.52. The number of ether oxygens (including phenoxy) is 2. The molecule has 0 aromatic heterocycles. The van der Waals surface area contributed by atoms with Crippen molar-refractivity contribution >= 4 is 6.09 Å². The van der Waals surface area contributed by atoms with Crippen LogP contribution in [0.4, 0.5) is 4.79 Å². The molecule has 1 amide bonds. The lowest BCUT2D eigenvalue weighted by atomic mass is 9.80. The highest BCUT2D eigenvalue weighted by molar-refractivity contribution is 5.70. The summed E-state index contributed by atoms with van der Waals surface area (Å²) in [6.45, 7) is 2.79. The lowest BCUT2D eigenvalue weighted by molar-refractivity contribution is -0.0920. The van der Waals surface area contributed by atoms with E-state index in [0.29, 0.717) is 6.54 Å². The van der Waals surface area contributed by atoms with Gasteiger partial charge in [0.25, 0.3) is 0 Å². The van der Waals surface area contributed by atoms with Crippen LogP contribution in [0.25, 0.3) is 0 Å². The van der Waals surface area contributed by atoms with Gasteiger partial charge in [-0.2, -0.15) is 0 Å². The Labute approximate surface area is 143 Å². The fraction of sp³-hybridized carbons (Fsp3) is 0.632. The van der Waals surface area contributed by atoms with Crippen LogP contribution in [0.15, 0.2) is 24.3 Å². The van der Waals surface area contributed by atoms with Crippen molar-refractivity contribution in [3.63, 3.8) is 0 Å². The van der Waals surface area contributed by atoms with Gasteiger partial charge in [0, 0.05) is 13.0 Å². The van der Waals surface area contributed by atoms with Crippen LogP contribution in [0, 0.1) is 0 Å². The summed E-state index contributed by atoms with van der Waals surface area (Å²) in [6.07, 6.45) is 4.22. The van der Waals surface area contributed by atoms with Crippen LogP contribution < -0.4 is 4.74 Å². The minimum atomic E-state index is -0.356. The molecule has 1 aliphatic carbocycles. The first-order valence-corrected chi connectivity index (χ1v) is 8.88. The topological polar surface area (TPSA) is 59.0 Å². The Morgan fingerprint density at radius 1 is 1.29 bits per heavy atom. The number of amides is 1. The van der Waals surface area contributed by atoms with Gasteiger partial charge in [-0.15, -0.1) is 0 Å². The monoisotopic (exact) mass is 333 g/mol. The molecule has 1 aromatic carbocycles. The van der Waals surface area contributed by atoms with Gasteiger partial charge in [-0.05, 0) is 49.8 Å². The Balaban J connectivity index is 1.71. The number of carbonyl (C=O) groups is 1. The predicted octanol–water partition coefficient (Wildman–Crippen LogP) is 3.66. The van der Waals surface area contributed by atoms with E-state index >= 15 is 0 Å². The number of benzene rings is 1. The summed E-state index contributed by atoms with van der Waals surface area (Å²) in [6, 6.07) is 7.91. The molecular weight excluding hydrogens is 306 g/mol. The minimum absolute atomic E-state index is 0.0231. The summed E-state index contributed by atoms with van der Waals surface area (Å²) in [5.41, 5.74) is 0.746. The second-order valence-corrected chi connectivity index (χ2v) is 6.92. The van der Waals surface area contributed by atoms with Gasteiger partial charge in [0.1, 0.15) is 11.4 Å². The van der Waals surface area contributed by atoms with Gasteiger partial charge in [-0.25, -0.2) is 4.79 Å². The molecule has 1 spiro atoms. The number of aliphatic hydroxyl groups is 1. The van der Waals surface area contributed by atoms with Gasteiger partial charge in [0.2, 0.25) is 0 Å². The maximum absolute atomic E-state index is 12.7. The first-order valence-electron chi connectivity index (χ1n) is 8.88. The molecule has 0 bridgehead atoms. The molecule has 2 aliphatic rings. The number of hydrogen-bond acceptors (Lipinski definition) is 4. The molecule has 1 N–H and O–H groups in total. The van der Waals surface area contributed by atoms with Crippen molar-refractivity contribution in [1.29, 1.82) is 0 Å².